The van der Waals surface area contributed by atoms with Gasteiger partial charge in [0.05, 0.1) is 26.2 Å². The Balaban J connectivity index is 1.77. The number of allylic oxidation sites excluding steroid dienone is 3. The van der Waals surface area contributed by atoms with Gasteiger partial charge in [-0.05, 0) is 13.0 Å². The van der Waals surface area contributed by atoms with Gasteiger partial charge in [-0.15, -0.1) is 0 Å². The first-order valence-electron chi connectivity index (χ1n) is 8.10. The number of hydrogen-bond donors (Lipinski definition) is 0. The molecule has 4 atom stereocenters. The normalized spacial score (nSPS) is 32.2. The third-order valence-electron chi connectivity index (χ3n) is 5.14. The van der Waals surface area contributed by atoms with Gasteiger partial charge in [-0.2, -0.15) is 0 Å². The van der Waals surface area contributed by atoms with Crippen molar-refractivity contribution < 1.29 is 19.0 Å². The standard InChI is InChI=1S/C19H20O4/c1-3-22-19(20)17-13-8-7-12-14(13)9-11-5-4-6-16(21-2)18(11)23-10-15(12)17/h4-9,12-13,15,17H,3,10H2,1-2H3/b14-9-. The van der Waals surface area contributed by atoms with Gasteiger partial charge in [-0.1, -0.05) is 35.9 Å². The monoisotopic (exact) mass is 312 g/mol. The van der Waals surface area contributed by atoms with Crippen molar-refractivity contribution in [1.82, 2.24) is 0 Å². The van der Waals surface area contributed by atoms with E-state index < -0.39 is 0 Å². The SMILES string of the molecule is CCOC(=O)C1C2C=CC3/C2=C/c2cccc(OC)c2OCC31. The molecule has 3 aliphatic rings. The van der Waals surface area contributed by atoms with Crippen LogP contribution in [0.4, 0.5) is 0 Å². The molecule has 0 radical (unpaired) electrons. The minimum atomic E-state index is -0.142. The number of ether oxygens (including phenoxy) is 3. The molecule has 4 rings (SSSR count). The van der Waals surface area contributed by atoms with Crippen LogP contribution in [0.5, 0.6) is 11.5 Å². The van der Waals surface area contributed by atoms with Crippen molar-refractivity contribution in [2.24, 2.45) is 23.7 Å². The number of methoxy groups -OCH3 is 1. The molecule has 1 aromatic carbocycles. The minimum absolute atomic E-state index is 0.109. The Morgan fingerprint density at radius 2 is 2.13 bits per heavy atom. The number of benzene rings is 1. The average molecular weight is 312 g/mol. The predicted molar refractivity (Wildman–Crippen MR) is 86.2 cm³/mol. The lowest BCUT2D eigenvalue weighted by Crippen LogP contribution is -2.33. The van der Waals surface area contributed by atoms with Crippen LogP contribution in [0.25, 0.3) is 6.08 Å². The van der Waals surface area contributed by atoms with Gasteiger partial charge in [-0.3, -0.25) is 4.79 Å². The summed E-state index contributed by atoms with van der Waals surface area (Å²) in [6.45, 7) is 2.76. The summed E-state index contributed by atoms with van der Waals surface area (Å²) in [6.07, 6.45) is 6.53. The highest BCUT2D eigenvalue weighted by Crippen LogP contribution is 2.54. The van der Waals surface area contributed by atoms with Gasteiger partial charge in [0.1, 0.15) is 0 Å². The maximum Gasteiger partial charge on any atom is 0.310 e. The maximum atomic E-state index is 12.4. The maximum absolute atomic E-state index is 12.4. The molecule has 4 nitrogen and oxygen atoms in total. The molecule has 0 aromatic heterocycles. The molecule has 23 heavy (non-hydrogen) atoms. The molecule has 1 saturated carbocycles. The summed E-state index contributed by atoms with van der Waals surface area (Å²) in [5, 5.41) is 0. The van der Waals surface area contributed by atoms with Crippen LogP contribution >= 0.6 is 0 Å². The fourth-order valence-corrected chi connectivity index (χ4v) is 4.17. The zero-order chi connectivity index (χ0) is 16.0. The van der Waals surface area contributed by atoms with E-state index in [9.17, 15) is 4.79 Å². The molecular weight excluding hydrogens is 292 g/mol. The van der Waals surface area contributed by atoms with Crippen LogP contribution in [0.3, 0.4) is 0 Å². The highest BCUT2D eigenvalue weighted by atomic mass is 16.5. The molecule has 0 amide bonds. The van der Waals surface area contributed by atoms with E-state index in [0.29, 0.717) is 13.2 Å². The van der Waals surface area contributed by atoms with Crippen LogP contribution in [0.2, 0.25) is 0 Å². The molecule has 1 aliphatic heterocycles. The Morgan fingerprint density at radius 1 is 1.30 bits per heavy atom. The van der Waals surface area contributed by atoms with E-state index in [4.69, 9.17) is 14.2 Å². The van der Waals surface area contributed by atoms with Gasteiger partial charge in [0.25, 0.3) is 0 Å². The molecule has 4 unspecified atom stereocenters. The number of fused-ring (bicyclic) bond motifs is 1. The van der Waals surface area contributed by atoms with Crippen molar-refractivity contribution in [2.45, 2.75) is 6.92 Å². The van der Waals surface area contributed by atoms with E-state index in [0.717, 1.165) is 17.1 Å². The minimum Gasteiger partial charge on any atom is -0.493 e. The Bertz CT molecular complexity index is 703. The summed E-state index contributed by atoms with van der Waals surface area (Å²) in [5.41, 5.74) is 2.31. The number of carbonyl (C=O) groups excluding carboxylic acids is 1. The zero-order valence-electron chi connectivity index (χ0n) is 13.3. The fourth-order valence-electron chi connectivity index (χ4n) is 4.17. The van der Waals surface area contributed by atoms with Gasteiger partial charge in [-0.25, -0.2) is 0 Å². The largest absolute Gasteiger partial charge is 0.493 e. The molecule has 0 N–H and O–H groups in total. The van der Waals surface area contributed by atoms with E-state index in [2.05, 4.69) is 18.2 Å². The summed E-state index contributed by atoms with van der Waals surface area (Å²) in [6, 6.07) is 5.89. The molecule has 2 aliphatic carbocycles. The van der Waals surface area contributed by atoms with Crippen molar-refractivity contribution in [2.75, 3.05) is 20.3 Å². The number of esters is 1. The summed E-state index contributed by atoms with van der Waals surface area (Å²) in [7, 11) is 1.64. The molecule has 1 heterocycles. The second-order valence-electron chi connectivity index (χ2n) is 6.21. The number of carbonyl (C=O) groups is 1. The lowest BCUT2D eigenvalue weighted by molar-refractivity contribution is -0.151. The highest BCUT2D eigenvalue weighted by molar-refractivity contribution is 5.78. The molecule has 0 saturated heterocycles. The van der Waals surface area contributed by atoms with Crippen LogP contribution in [-0.2, 0) is 9.53 Å². The second kappa shape index (κ2) is 5.44. The Kier molecular flexibility index (Phi) is 3.40. The smallest absolute Gasteiger partial charge is 0.310 e. The average Bonchev–Trinajstić information content (AvgIpc) is 3.07. The lowest BCUT2D eigenvalue weighted by atomic mass is 9.83. The second-order valence-corrected chi connectivity index (χ2v) is 6.21. The number of rotatable bonds is 3. The summed E-state index contributed by atoms with van der Waals surface area (Å²) in [5.74, 6) is 1.78. The van der Waals surface area contributed by atoms with Crippen molar-refractivity contribution in [3.63, 3.8) is 0 Å². The summed E-state index contributed by atoms with van der Waals surface area (Å²) >= 11 is 0. The van der Waals surface area contributed by atoms with E-state index >= 15 is 0 Å². The molecule has 120 valence electrons. The van der Waals surface area contributed by atoms with Crippen LogP contribution < -0.4 is 9.47 Å². The first kappa shape index (κ1) is 14.4. The molecule has 1 aromatic rings. The Morgan fingerprint density at radius 3 is 2.91 bits per heavy atom. The summed E-state index contributed by atoms with van der Waals surface area (Å²) < 4.78 is 16.8. The van der Waals surface area contributed by atoms with Crippen molar-refractivity contribution >= 4 is 12.0 Å². The zero-order valence-corrected chi connectivity index (χ0v) is 13.3. The number of para-hydroxylation sites is 1. The topological polar surface area (TPSA) is 44.8 Å². The predicted octanol–water partition coefficient (Wildman–Crippen LogP) is 3.08. The summed E-state index contributed by atoms with van der Waals surface area (Å²) in [4.78, 5) is 12.4. The lowest BCUT2D eigenvalue weighted by Gasteiger charge is -2.26. The number of hydrogen-bond acceptors (Lipinski definition) is 4. The van der Waals surface area contributed by atoms with Gasteiger partial charge < -0.3 is 14.2 Å². The molecular formula is C19H20O4. The van der Waals surface area contributed by atoms with Crippen molar-refractivity contribution in [1.29, 1.82) is 0 Å². The molecule has 4 heteroatoms. The highest BCUT2D eigenvalue weighted by Gasteiger charge is 2.53. The first-order valence-corrected chi connectivity index (χ1v) is 8.10. The van der Waals surface area contributed by atoms with Crippen LogP contribution in [-0.4, -0.2) is 26.3 Å². The van der Waals surface area contributed by atoms with E-state index in [-0.39, 0.29) is 29.6 Å². The van der Waals surface area contributed by atoms with Gasteiger partial charge in [0, 0.05) is 23.3 Å². The third kappa shape index (κ3) is 2.08. The molecule has 4 bridgehead atoms. The van der Waals surface area contributed by atoms with Crippen LogP contribution in [0.1, 0.15) is 12.5 Å². The van der Waals surface area contributed by atoms with E-state index in [1.54, 1.807) is 7.11 Å². The Labute approximate surface area is 135 Å². The quantitative estimate of drug-likeness (QED) is 0.635. The Hall–Kier alpha value is -2.23. The van der Waals surface area contributed by atoms with E-state index in [1.807, 2.05) is 25.1 Å². The van der Waals surface area contributed by atoms with Gasteiger partial charge in [0.2, 0.25) is 0 Å². The fraction of sp³-hybridized carbons (Fsp3) is 0.421. The van der Waals surface area contributed by atoms with Crippen LogP contribution in [0, 0.1) is 23.7 Å². The van der Waals surface area contributed by atoms with Crippen LogP contribution in [0.15, 0.2) is 35.9 Å². The third-order valence-corrected chi connectivity index (χ3v) is 5.14. The van der Waals surface area contributed by atoms with Gasteiger partial charge >= 0.3 is 5.97 Å². The van der Waals surface area contributed by atoms with Gasteiger partial charge in [0.15, 0.2) is 11.5 Å². The van der Waals surface area contributed by atoms with Crippen molar-refractivity contribution in [3.05, 3.63) is 41.5 Å². The first-order chi connectivity index (χ1) is 11.2. The molecule has 1 fully saturated rings. The molecule has 0 spiro atoms. The van der Waals surface area contributed by atoms with E-state index in [1.165, 1.54) is 5.57 Å². The van der Waals surface area contributed by atoms with Crippen molar-refractivity contribution in [3.8, 4) is 11.5 Å².